The molecule has 0 radical (unpaired) electrons. The molecule has 3 rings (SSSR count). The second kappa shape index (κ2) is 6.76. The molecule has 3 aromatic rings. The van der Waals surface area contributed by atoms with Crippen molar-refractivity contribution >= 4 is 17.4 Å². The molecule has 0 bridgehead atoms. The van der Waals surface area contributed by atoms with Crippen molar-refractivity contribution in [1.29, 1.82) is 0 Å². The fraction of sp³-hybridized carbons (Fsp3) is 0.235. The van der Waals surface area contributed by atoms with E-state index in [2.05, 4.69) is 15.3 Å². The molecule has 0 aliphatic rings. The maximum absolute atomic E-state index is 14.6. The van der Waals surface area contributed by atoms with Crippen LogP contribution in [0.25, 0.3) is 16.8 Å². The van der Waals surface area contributed by atoms with Crippen LogP contribution in [-0.2, 0) is 0 Å². The lowest BCUT2D eigenvalue weighted by Gasteiger charge is -2.09. The largest absolute Gasteiger partial charge is 0.481 e. The zero-order valence-corrected chi connectivity index (χ0v) is 13.9. The third-order valence-electron chi connectivity index (χ3n) is 3.76. The number of carbonyl (C=O) groups excluding carboxylic acids is 1. The number of ether oxygens (including phenoxy) is 1. The fourth-order valence-electron chi connectivity index (χ4n) is 2.58. The molecule has 0 saturated carbocycles. The Kier molecular flexibility index (Phi) is 4.51. The van der Waals surface area contributed by atoms with Crippen molar-refractivity contribution in [2.75, 3.05) is 19.4 Å². The average Bonchev–Trinajstić information content (AvgIpc) is 2.96. The lowest BCUT2D eigenvalue weighted by Crippen LogP contribution is -2.25. The minimum Gasteiger partial charge on any atom is -0.481 e. The number of nitrogens with zero attached hydrogens (tertiary/aromatic N) is 3. The van der Waals surface area contributed by atoms with E-state index in [1.54, 1.807) is 18.3 Å². The Balaban J connectivity index is 2.23. The van der Waals surface area contributed by atoms with Gasteiger partial charge in [0, 0.05) is 18.9 Å². The Morgan fingerprint density at radius 3 is 2.96 bits per heavy atom. The molecule has 0 atom stereocenters. The van der Waals surface area contributed by atoms with Crippen molar-refractivity contribution < 1.29 is 13.9 Å². The molecule has 1 amide bonds. The molecule has 0 saturated heterocycles. The number of carbonyl (C=O) groups is 1. The van der Waals surface area contributed by atoms with Gasteiger partial charge in [-0.25, -0.2) is 14.4 Å². The van der Waals surface area contributed by atoms with Crippen LogP contribution in [0.1, 0.15) is 23.8 Å². The number of pyridine rings is 2. The van der Waals surface area contributed by atoms with E-state index in [0.717, 1.165) is 6.42 Å². The molecule has 0 aromatic carbocycles. The zero-order valence-electron chi connectivity index (χ0n) is 13.9. The Morgan fingerprint density at radius 2 is 2.24 bits per heavy atom. The van der Waals surface area contributed by atoms with Gasteiger partial charge in [-0.3, -0.25) is 9.20 Å². The first-order valence-electron chi connectivity index (χ1n) is 7.82. The molecule has 130 valence electrons. The normalized spacial score (nSPS) is 10.8. The minimum absolute atomic E-state index is 0.0585. The van der Waals surface area contributed by atoms with Gasteiger partial charge in [0.05, 0.1) is 18.2 Å². The predicted molar refractivity (Wildman–Crippen MR) is 92.0 cm³/mol. The zero-order chi connectivity index (χ0) is 18.0. The van der Waals surface area contributed by atoms with Crippen LogP contribution in [-0.4, -0.2) is 33.9 Å². The molecule has 0 spiro atoms. The summed E-state index contributed by atoms with van der Waals surface area (Å²) in [5, 5.41) is 2.72. The van der Waals surface area contributed by atoms with Crippen LogP contribution in [0.3, 0.4) is 0 Å². The highest BCUT2D eigenvalue weighted by Crippen LogP contribution is 2.34. The van der Waals surface area contributed by atoms with Crippen molar-refractivity contribution in [3.63, 3.8) is 0 Å². The summed E-state index contributed by atoms with van der Waals surface area (Å²) in [4.78, 5) is 20.6. The van der Waals surface area contributed by atoms with Gasteiger partial charge in [0.15, 0.2) is 5.69 Å². The summed E-state index contributed by atoms with van der Waals surface area (Å²) in [6.07, 6.45) is 3.77. The third-order valence-corrected chi connectivity index (χ3v) is 3.76. The van der Waals surface area contributed by atoms with Gasteiger partial charge in [0.25, 0.3) is 5.91 Å². The van der Waals surface area contributed by atoms with Crippen molar-refractivity contribution in [3.05, 3.63) is 42.1 Å². The van der Waals surface area contributed by atoms with Crippen LogP contribution in [0.2, 0.25) is 0 Å². The molecular weight excluding hydrogens is 325 g/mol. The second-order valence-corrected chi connectivity index (χ2v) is 5.39. The van der Waals surface area contributed by atoms with Gasteiger partial charge in [0.2, 0.25) is 5.88 Å². The van der Waals surface area contributed by atoms with Gasteiger partial charge < -0.3 is 15.8 Å². The van der Waals surface area contributed by atoms with Crippen LogP contribution in [0.5, 0.6) is 5.88 Å². The van der Waals surface area contributed by atoms with E-state index in [0.29, 0.717) is 12.1 Å². The van der Waals surface area contributed by atoms with Crippen molar-refractivity contribution in [2.45, 2.75) is 13.3 Å². The molecule has 3 N–H and O–H groups in total. The van der Waals surface area contributed by atoms with E-state index in [1.165, 1.54) is 23.8 Å². The Bertz CT molecular complexity index is 938. The predicted octanol–water partition coefficient (Wildman–Crippen LogP) is 2.27. The number of hydrogen-bond acceptors (Lipinski definition) is 5. The maximum Gasteiger partial charge on any atom is 0.273 e. The SMILES string of the molecule is CCCNC(=O)c1nc2c(-c3cccnc3OC)c(F)ccn2c1N. The van der Waals surface area contributed by atoms with E-state index in [9.17, 15) is 9.18 Å². The highest BCUT2D eigenvalue weighted by Gasteiger charge is 2.22. The highest BCUT2D eigenvalue weighted by molar-refractivity contribution is 5.99. The van der Waals surface area contributed by atoms with E-state index in [1.807, 2.05) is 6.92 Å². The van der Waals surface area contributed by atoms with Gasteiger partial charge in [0.1, 0.15) is 17.3 Å². The Hall–Kier alpha value is -3.16. The highest BCUT2D eigenvalue weighted by atomic mass is 19.1. The van der Waals surface area contributed by atoms with Gasteiger partial charge in [-0.2, -0.15) is 0 Å². The van der Waals surface area contributed by atoms with E-state index in [4.69, 9.17) is 10.5 Å². The first kappa shape index (κ1) is 16.7. The number of amides is 1. The average molecular weight is 343 g/mol. The molecule has 3 aromatic heterocycles. The molecule has 8 heteroatoms. The molecular formula is C17H18FN5O2. The van der Waals surface area contributed by atoms with Crippen molar-refractivity contribution in [1.82, 2.24) is 19.7 Å². The van der Waals surface area contributed by atoms with E-state index >= 15 is 0 Å². The van der Waals surface area contributed by atoms with E-state index in [-0.39, 0.29) is 28.6 Å². The van der Waals surface area contributed by atoms with Crippen molar-refractivity contribution in [3.8, 4) is 17.0 Å². The number of nitrogen functional groups attached to an aromatic ring is 1. The van der Waals surface area contributed by atoms with Gasteiger partial charge in [-0.1, -0.05) is 6.92 Å². The van der Waals surface area contributed by atoms with Gasteiger partial charge in [-0.05, 0) is 24.6 Å². The topological polar surface area (TPSA) is 94.5 Å². The number of hydrogen-bond donors (Lipinski definition) is 2. The first-order chi connectivity index (χ1) is 12.1. The van der Waals surface area contributed by atoms with Crippen LogP contribution in [0, 0.1) is 5.82 Å². The van der Waals surface area contributed by atoms with Crippen LogP contribution >= 0.6 is 0 Å². The number of imidazole rings is 1. The maximum atomic E-state index is 14.6. The minimum atomic E-state index is -0.510. The number of halogens is 1. The molecule has 7 nitrogen and oxygen atoms in total. The molecule has 0 aliphatic carbocycles. The lowest BCUT2D eigenvalue weighted by molar-refractivity contribution is 0.0950. The number of fused-ring (bicyclic) bond motifs is 1. The lowest BCUT2D eigenvalue weighted by atomic mass is 10.1. The summed E-state index contributed by atoms with van der Waals surface area (Å²) in [5.74, 6) is -0.502. The number of aromatic nitrogens is 3. The number of rotatable bonds is 5. The summed E-state index contributed by atoms with van der Waals surface area (Å²) in [7, 11) is 1.45. The van der Waals surface area contributed by atoms with Gasteiger partial charge in [-0.15, -0.1) is 0 Å². The third kappa shape index (κ3) is 2.86. The summed E-state index contributed by atoms with van der Waals surface area (Å²) >= 11 is 0. The second-order valence-electron chi connectivity index (χ2n) is 5.39. The monoisotopic (exact) mass is 343 g/mol. The molecule has 0 fully saturated rings. The number of nitrogens with one attached hydrogen (secondary N) is 1. The van der Waals surface area contributed by atoms with Crippen LogP contribution in [0.15, 0.2) is 30.6 Å². The fourth-order valence-corrected chi connectivity index (χ4v) is 2.58. The number of methoxy groups -OCH3 is 1. The van der Waals surface area contributed by atoms with Crippen LogP contribution in [0.4, 0.5) is 10.2 Å². The van der Waals surface area contributed by atoms with Gasteiger partial charge >= 0.3 is 0 Å². The quantitative estimate of drug-likeness (QED) is 0.741. The van der Waals surface area contributed by atoms with E-state index < -0.39 is 11.7 Å². The number of anilines is 1. The smallest absolute Gasteiger partial charge is 0.273 e. The van der Waals surface area contributed by atoms with Crippen molar-refractivity contribution in [2.24, 2.45) is 0 Å². The molecule has 0 unspecified atom stereocenters. The molecule has 3 heterocycles. The standard InChI is InChI=1S/C17H18FN5O2/c1-3-7-20-16(24)13-14(19)23-9-6-11(18)12(15(23)22-13)10-5-4-8-21-17(10)25-2/h4-6,8-9H,3,7,19H2,1-2H3,(H,20,24). The summed E-state index contributed by atoms with van der Waals surface area (Å²) in [6.45, 7) is 2.44. The Morgan fingerprint density at radius 1 is 1.44 bits per heavy atom. The summed E-state index contributed by atoms with van der Waals surface area (Å²) in [6, 6.07) is 4.61. The van der Waals surface area contributed by atoms with Crippen LogP contribution < -0.4 is 15.8 Å². The first-order valence-corrected chi connectivity index (χ1v) is 7.82. The molecule has 25 heavy (non-hydrogen) atoms. The summed E-state index contributed by atoms with van der Waals surface area (Å²) in [5.41, 5.74) is 6.94. The Labute approximate surface area is 143 Å². The summed E-state index contributed by atoms with van der Waals surface area (Å²) < 4.78 is 21.3. The number of nitrogens with two attached hydrogens (primary N) is 1. The molecule has 0 aliphatic heterocycles.